The van der Waals surface area contributed by atoms with Gasteiger partial charge in [-0.3, -0.25) is 0 Å². The summed E-state index contributed by atoms with van der Waals surface area (Å²) in [6.45, 7) is 6.74. The fourth-order valence-electron chi connectivity index (χ4n) is 2.26. The Labute approximate surface area is 152 Å². The van der Waals surface area contributed by atoms with Crippen molar-refractivity contribution < 1.29 is 13.2 Å². The van der Waals surface area contributed by atoms with E-state index in [1.54, 1.807) is 12.1 Å². The molecule has 0 unspecified atom stereocenters. The van der Waals surface area contributed by atoms with Crippen LogP contribution in [-0.4, -0.2) is 31.8 Å². The van der Waals surface area contributed by atoms with Crippen molar-refractivity contribution in [2.24, 2.45) is 0 Å². The van der Waals surface area contributed by atoms with E-state index in [2.05, 4.69) is 10.6 Å². The predicted molar refractivity (Wildman–Crippen MR) is 101 cm³/mol. The zero-order valence-corrected chi connectivity index (χ0v) is 16.2. The Morgan fingerprint density at radius 1 is 1.08 bits per heavy atom. The van der Waals surface area contributed by atoms with Crippen molar-refractivity contribution in [1.29, 1.82) is 0 Å². The number of hydrogen-bond acceptors (Lipinski definition) is 4. The average Bonchev–Trinajstić information content (AvgIpc) is 3.06. The second-order valence-corrected chi connectivity index (χ2v) is 8.82. The van der Waals surface area contributed by atoms with Gasteiger partial charge < -0.3 is 10.6 Å². The molecule has 2 aromatic rings. The van der Waals surface area contributed by atoms with Crippen LogP contribution in [0.2, 0.25) is 0 Å². The maximum Gasteiger partial charge on any atom is 0.319 e. The van der Waals surface area contributed by atoms with E-state index in [1.807, 2.05) is 45.0 Å². The minimum absolute atomic E-state index is 0.274. The summed E-state index contributed by atoms with van der Waals surface area (Å²) in [5.74, 6) is 0. The number of hydrogen-bond donors (Lipinski definition) is 2. The molecule has 0 spiro atoms. The highest BCUT2D eigenvalue weighted by Gasteiger charge is 2.23. The van der Waals surface area contributed by atoms with Gasteiger partial charge in [0.15, 0.2) is 0 Å². The van der Waals surface area contributed by atoms with Crippen molar-refractivity contribution in [3.05, 3.63) is 46.8 Å². The molecule has 0 radical (unpaired) electrons. The number of thiophene rings is 1. The van der Waals surface area contributed by atoms with Crippen LogP contribution in [0.3, 0.4) is 0 Å². The van der Waals surface area contributed by atoms with Gasteiger partial charge in [-0.25, -0.2) is 13.2 Å². The number of rotatable bonds is 7. The fraction of sp³-hybridized carbons (Fsp3) is 0.353. The highest BCUT2D eigenvalue weighted by Crippen LogP contribution is 2.24. The molecule has 1 aromatic carbocycles. The monoisotopic (exact) mass is 381 g/mol. The molecule has 2 amide bonds. The van der Waals surface area contributed by atoms with Crippen LogP contribution in [0.25, 0.3) is 0 Å². The Balaban J connectivity index is 1.95. The predicted octanol–water partition coefficient (Wildman–Crippen LogP) is 3.41. The van der Waals surface area contributed by atoms with Gasteiger partial charge in [-0.2, -0.15) is 4.31 Å². The number of anilines is 1. The van der Waals surface area contributed by atoms with Crippen LogP contribution < -0.4 is 10.6 Å². The van der Waals surface area contributed by atoms with Gasteiger partial charge in [0.25, 0.3) is 10.0 Å². The van der Waals surface area contributed by atoms with Crippen LogP contribution in [0.4, 0.5) is 10.5 Å². The first-order chi connectivity index (χ1) is 11.9. The van der Waals surface area contributed by atoms with Gasteiger partial charge in [-0.15, -0.1) is 11.3 Å². The summed E-state index contributed by atoms with van der Waals surface area (Å²) < 4.78 is 26.6. The second kappa shape index (κ2) is 8.46. The van der Waals surface area contributed by atoms with Crippen molar-refractivity contribution in [1.82, 2.24) is 9.62 Å². The molecule has 2 rings (SSSR count). The third-order valence-corrected chi connectivity index (χ3v) is 7.27. The minimum atomic E-state index is -3.45. The molecule has 6 nitrogen and oxygen atoms in total. The van der Waals surface area contributed by atoms with Crippen molar-refractivity contribution in [2.45, 2.75) is 31.5 Å². The molecule has 0 aliphatic carbocycles. The zero-order chi connectivity index (χ0) is 18.4. The molecule has 1 aromatic heterocycles. The third-order valence-electron chi connectivity index (χ3n) is 3.67. The molecule has 0 aliphatic heterocycles. The van der Waals surface area contributed by atoms with E-state index < -0.39 is 10.0 Å². The largest absolute Gasteiger partial charge is 0.333 e. The summed E-state index contributed by atoms with van der Waals surface area (Å²) in [5, 5.41) is 5.48. The molecule has 136 valence electrons. The number of carbonyl (C=O) groups excluding carboxylic acids is 1. The standard InChI is InChI=1S/C17H23N3O3S2/c1-4-20(5-2)25(22,23)16-11-10-15(24-16)12-18-17(21)19-14-8-6-13(3)7-9-14/h6-11H,4-5,12H2,1-3H3,(H2,18,19,21). The lowest BCUT2D eigenvalue weighted by Gasteiger charge is -2.16. The van der Waals surface area contributed by atoms with Crippen molar-refractivity contribution in [3.8, 4) is 0 Å². The highest BCUT2D eigenvalue weighted by molar-refractivity contribution is 7.91. The normalized spacial score (nSPS) is 11.5. The molecule has 0 aliphatic rings. The van der Waals surface area contributed by atoms with Crippen LogP contribution in [-0.2, 0) is 16.6 Å². The van der Waals surface area contributed by atoms with Gasteiger partial charge >= 0.3 is 6.03 Å². The molecular formula is C17H23N3O3S2. The van der Waals surface area contributed by atoms with E-state index in [0.717, 1.165) is 10.4 Å². The van der Waals surface area contributed by atoms with E-state index in [1.165, 1.54) is 15.6 Å². The number of aryl methyl sites for hydroxylation is 1. The van der Waals surface area contributed by atoms with Crippen LogP contribution >= 0.6 is 11.3 Å². The molecule has 0 saturated carbocycles. The average molecular weight is 382 g/mol. The van der Waals surface area contributed by atoms with E-state index in [0.29, 0.717) is 23.0 Å². The third kappa shape index (κ3) is 5.04. The Hall–Kier alpha value is -1.90. The van der Waals surface area contributed by atoms with E-state index in [4.69, 9.17) is 0 Å². The molecule has 0 saturated heterocycles. The van der Waals surface area contributed by atoms with E-state index in [9.17, 15) is 13.2 Å². The van der Waals surface area contributed by atoms with Crippen LogP contribution in [0, 0.1) is 6.92 Å². The number of nitrogens with one attached hydrogen (secondary N) is 2. The maximum atomic E-state index is 12.5. The number of sulfonamides is 1. The lowest BCUT2D eigenvalue weighted by atomic mass is 10.2. The molecular weight excluding hydrogens is 358 g/mol. The maximum absolute atomic E-state index is 12.5. The van der Waals surface area contributed by atoms with Crippen LogP contribution in [0.5, 0.6) is 0 Å². The number of nitrogens with zero attached hydrogens (tertiary/aromatic N) is 1. The lowest BCUT2D eigenvalue weighted by molar-refractivity contribution is 0.252. The number of urea groups is 1. The lowest BCUT2D eigenvalue weighted by Crippen LogP contribution is -2.30. The first-order valence-electron chi connectivity index (χ1n) is 8.07. The Morgan fingerprint density at radius 2 is 1.72 bits per heavy atom. The number of benzene rings is 1. The quantitative estimate of drug-likeness (QED) is 0.771. The Morgan fingerprint density at radius 3 is 2.32 bits per heavy atom. The van der Waals surface area contributed by atoms with Crippen molar-refractivity contribution in [3.63, 3.8) is 0 Å². The minimum Gasteiger partial charge on any atom is -0.333 e. The Kier molecular flexibility index (Phi) is 6.57. The molecule has 0 fully saturated rings. The highest BCUT2D eigenvalue weighted by atomic mass is 32.2. The molecule has 1 heterocycles. The molecule has 0 bridgehead atoms. The van der Waals surface area contributed by atoms with Gasteiger partial charge in [0.05, 0.1) is 6.54 Å². The van der Waals surface area contributed by atoms with Crippen molar-refractivity contribution in [2.75, 3.05) is 18.4 Å². The van der Waals surface area contributed by atoms with E-state index >= 15 is 0 Å². The summed E-state index contributed by atoms with van der Waals surface area (Å²) in [5.41, 5.74) is 1.82. The van der Waals surface area contributed by atoms with Crippen LogP contribution in [0.1, 0.15) is 24.3 Å². The Bertz CT molecular complexity index is 810. The first kappa shape index (κ1) is 19.4. The summed E-state index contributed by atoms with van der Waals surface area (Å²) >= 11 is 1.18. The summed E-state index contributed by atoms with van der Waals surface area (Å²) in [7, 11) is -3.45. The topological polar surface area (TPSA) is 78.5 Å². The number of carbonyl (C=O) groups is 1. The second-order valence-electron chi connectivity index (χ2n) is 5.48. The van der Waals surface area contributed by atoms with Gasteiger partial charge in [-0.1, -0.05) is 31.5 Å². The molecule has 0 atom stereocenters. The summed E-state index contributed by atoms with van der Waals surface area (Å²) in [6.07, 6.45) is 0. The van der Waals surface area contributed by atoms with Crippen molar-refractivity contribution >= 4 is 33.1 Å². The molecule has 25 heavy (non-hydrogen) atoms. The fourth-order valence-corrected chi connectivity index (χ4v) is 5.17. The van der Waals surface area contributed by atoms with Gasteiger partial charge in [0, 0.05) is 23.7 Å². The first-order valence-corrected chi connectivity index (χ1v) is 10.3. The van der Waals surface area contributed by atoms with E-state index in [-0.39, 0.29) is 12.6 Å². The summed E-state index contributed by atoms with van der Waals surface area (Å²) in [6, 6.07) is 10.5. The van der Waals surface area contributed by atoms with Gasteiger partial charge in [-0.05, 0) is 31.2 Å². The molecule has 2 N–H and O–H groups in total. The zero-order valence-electron chi connectivity index (χ0n) is 14.6. The van der Waals surface area contributed by atoms with Gasteiger partial charge in [0.2, 0.25) is 0 Å². The number of amides is 2. The van der Waals surface area contributed by atoms with Crippen LogP contribution in [0.15, 0.2) is 40.6 Å². The smallest absolute Gasteiger partial charge is 0.319 e. The molecule has 8 heteroatoms. The SMILES string of the molecule is CCN(CC)S(=O)(=O)c1ccc(CNC(=O)Nc2ccc(C)cc2)s1. The summed E-state index contributed by atoms with van der Waals surface area (Å²) in [4.78, 5) is 12.7. The van der Waals surface area contributed by atoms with Gasteiger partial charge in [0.1, 0.15) is 4.21 Å².